The van der Waals surface area contributed by atoms with Crippen molar-refractivity contribution >= 4 is 22.2 Å². The maximum Gasteiger partial charge on any atom is 0.269 e. The second-order valence-electron chi connectivity index (χ2n) is 3.99. The summed E-state index contributed by atoms with van der Waals surface area (Å²) in [6, 6.07) is 12.9. The van der Waals surface area contributed by atoms with Gasteiger partial charge in [-0.25, -0.2) is 0 Å². The molecule has 0 saturated carbocycles. The van der Waals surface area contributed by atoms with Gasteiger partial charge in [-0.15, -0.1) is 0 Å². The van der Waals surface area contributed by atoms with Gasteiger partial charge >= 0.3 is 0 Å². The molecule has 0 bridgehead atoms. The van der Waals surface area contributed by atoms with Crippen LogP contribution in [0.15, 0.2) is 53.4 Å². The van der Waals surface area contributed by atoms with Crippen molar-refractivity contribution in [2.24, 2.45) is 0 Å². The van der Waals surface area contributed by atoms with Crippen molar-refractivity contribution in [2.75, 3.05) is 5.73 Å². The third-order valence-electron chi connectivity index (χ3n) is 2.57. The number of hydrogen-bond donors (Lipinski definition) is 1. The van der Waals surface area contributed by atoms with Crippen molar-refractivity contribution in [1.82, 2.24) is 0 Å². The molecule has 0 aliphatic carbocycles. The lowest BCUT2D eigenvalue weighted by Gasteiger charge is -2.03. The summed E-state index contributed by atoms with van der Waals surface area (Å²) in [5.74, 6) is 0.307. The second-order valence-corrected chi connectivity index (χ2v) is 5.44. The molecule has 2 aromatic rings. The van der Waals surface area contributed by atoms with Gasteiger partial charge in [0.15, 0.2) is 0 Å². The van der Waals surface area contributed by atoms with Gasteiger partial charge in [0.2, 0.25) is 0 Å². The summed E-state index contributed by atoms with van der Waals surface area (Å²) in [4.78, 5) is 10.7. The first kappa shape index (κ1) is 13.2. The van der Waals surface area contributed by atoms with Gasteiger partial charge in [-0.2, -0.15) is 0 Å². The molecule has 0 radical (unpaired) electrons. The average molecular weight is 276 g/mol. The Hall–Kier alpha value is -2.21. The Labute approximate surface area is 112 Å². The number of nitrogens with zero attached hydrogens (tertiary/aromatic N) is 1. The molecule has 0 fully saturated rings. The number of nitrogen functional groups attached to an aromatic ring is 1. The van der Waals surface area contributed by atoms with Crippen LogP contribution in [0.25, 0.3) is 0 Å². The van der Waals surface area contributed by atoms with Crippen LogP contribution in [0.1, 0.15) is 5.56 Å². The monoisotopic (exact) mass is 276 g/mol. The molecule has 19 heavy (non-hydrogen) atoms. The summed E-state index contributed by atoms with van der Waals surface area (Å²) in [6.07, 6.45) is 0. The summed E-state index contributed by atoms with van der Waals surface area (Å²) in [5, 5.41) is 10.5. The van der Waals surface area contributed by atoms with E-state index in [0.717, 1.165) is 5.56 Å². The number of hydrogen-bond acceptors (Lipinski definition) is 4. The van der Waals surface area contributed by atoms with Crippen LogP contribution in [-0.4, -0.2) is 9.13 Å². The first-order valence-corrected chi connectivity index (χ1v) is 6.85. The van der Waals surface area contributed by atoms with Crippen LogP contribution in [0.4, 0.5) is 11.4 Å². The van der Waals surface area contributed by atoms with E-state index in [1.807, 2.05) is 0 Å². The molecule has 2 aromatic carbocycles. The lowest BCUT2D eigenvalue weighted by Crippen LogP contribution is -1.98. The first-order chi connectivity index (χ1) is 9.06. The van der Waals surface area contributed by atoms with E-state index in [1.165, 1.54) is 12.1 Å². The summed E-state index contributed by atoms with van der Waals surface area (Å²) in [6.45, 7) is 0. The van der Waals surface area contributed by atoms with Crippen LogP contribution in [0, 0.1) is 10.1 Å². The largest absolute Gasteiger partial charge is 0.399 e. The number of anilines is 1. The molecule has 0 amide bonds. The number of benzene rings is 2. The molecule has 5 nitrogen and oxygen atoms in total. The smallest absolute Gasteiger partial charge is 0.269 e. The highest BCUT2D eigenvalue weighted by Gasteiger charge is 2.08. The highest BCUT2D eigenvalue weighted by molar-refractivity contribution is 7.84. The van der Waals surface area contributed by atoms with Gasteiger partial charge in [-0.3, -0.25) is 14.3 Å². The van der Waals surface area contributed by atoms with Crippen molar-refractivity contribution < 1.29 is 9.13 Å². The zero-order valence-electron chi connectivity index (χ0n) is 9.98. The minimum atomic E-state index is -1.21. The van der Waals surface area contributed by atoms with Gasteiger partial charge in [-0.1, -0.05) is 18.2 Å². The predicted octanol–water partition coefficient (Wildman–Crippen LogP) is 2.48. The maximum absolute atomic E-state index is 12.1. The van der Waals surface area contributed by atoms with Gasteiger partial charge in [0.05, 0.1) is 21.5 Å². The first-order valence-electron chi connectivity index (χ1n) is 5.53. The predicted molar refractivity (Wildman–Crippen MR) is 74.1 cm³/mol. The number of nitro groups is 1. The lowest BCUT2D eigenvalue weighted by molar-refractivity contribution is -0.384. The summed E-state index contributed by atoms with van der Waals surface area (Å²) < 4.78 is 12.1. The third kappa shape index (κ3) is 3.38. The fourth-order valence-corrected chi connectivity index (χ4v) is 2.76. The van der Waals surface area contributed by atoms with Crippen LogP contribution in [0.2, 0.25) is 0 Å². The topological polar surface area (TPSA) is 86.2 Å². The zero-order valence-corrected chi connectivity index (χ0v) is 10.8. The molecule has 0 saturated heterocycles. The summed E-state index contributed by atoms with van der Waals surface area (Å²) >= 11 is 0. The minimum absolute atomic E-state index is 0.0264. The maximum atomic E-state index is 12.1. The Balaban J connectivity index is 2.13. The van der Waals surface area contributed by atoms with Gasteiger partial charge < -0.3 is 5.73 Å². The van der Waals surface area contributed by atoms with Crippen molar-refractivity contribution in [2.45, 2.75) is 10.6 Å². The lowest BCUT2D eigenvalue weighted by atomic mass is 10.2. The second kappa shape index (κ2) is 5.62. The number of rotatable bonds is 4. The Morgan fingerprint density at radius 1 is 1.16 bits per heavy atom. The van der Waals surface area contributed by atoms with Crippen LogP contribution < -0.4 is 5.73 Å². The fraction of sp³-hybridized carbons (Fsp3) is 0.0769. The Kier molecular flexibility index (Phi) is 3.91. The fourth-order valence-electron chi connectivity index (χ4n) is 1.60. The van der Waals surface area contributed by atoms with E-state index in [4.69, 9.17) is 5.73 Å². The molecule has 0 aromatic heterocycles. The molecule has 0 aliphatic rings. The van der Waals surface area contributed by atoms with Gasteiger partial charge in [0, 0.05) is 22.7 Å². The van der Waals surface area contributed by atoms with Crippen LogP contribution >= 0.6 is 0 Å². The molecule has 0 aliphatic heterocycles. The van der Waals surface area contributed by atoms with Crippen molar-refractivity contribution in [3.8, 4) is 0 Å². The molecule has 98 valence electrons. The summed E-state index contributed by atoms with van der Waals surface area (Å²) in [7, 11) is -1.21. The SMILES string of the molecule is Nc1cccc(S(=O)Cc2ccc([N+](=O)[O-])cc2)c1. The van der Waals surface area contributed by atoms with Crippen molar-refractivity contribution in [1.29, 1.82) is 0 Å². The van der Waals surface area contributed by atoms with E-state index in [2.05, 4.69) is 0 Å². The van der Waals surface area contributed by atoms with E-state index < -0.39 is 15.7 Å². The number of non-ortho nitro benzene ring substituents is 1. The van der Waals surface area contributed by atoms with E-state index >= 15 is 0 Å². The van der Waals surface area contributed by atoms with Gasteiger partial charge in [-0.05, 0) is 23.8 Å². The molecular weight excluding hydrogens is 264 g/mol. The summed E-state index contributed by atoms with van der Waals surface area (Å²) in [5.41, 5.74) is 7.01. The quantitative estimate of drug-likeness (QED) is 0.528. The van der Waals surface area contributed by atoms with Gasteiger partial charge in [0.25, 0.3) is 5.69 Å². The molecule has 2 rings (SSSR count). The Morgan fingerprint density at radius 2 is 1.84 bits per heavy atom. The molecule has 0 spiro atoms. The van der Waals surface area contributed by atoms with Crippen LogP contribution in [0.3, 0.4) is 0 Å². The van der Waals surface area contributed by atoms with E-state index in [9.17, 15) is 14.3 Å². The number of nitro benzene ring substituents is 1. The number of nitrogens with two attached hydrogens (primary N) is 1. The molecule has 1 unspecified atom stereocenters. The van der Waals surface area contributed by atoms with Crippen molar-refractivity contribution in [3.05, 3.63) is 64.2 Å². The molecule has 2 N–H and O–H groups in total. The highest BCUT2D eigenvalue weighted by atomic mass is 32.2. The van der Waals surface area contributed by atoms with E-state index in [1.54, 1.807) is 36.4 Å². The molecular formula is C13H12N2O3S. The van der Waals surface area contributed by atoms with E-state index in [0.29, 0.717) is 16.3 Å². The van der Waals surface area contributed by atoms with Crippen LogP contribution in [0.5, 0.6) is 0 Å². The third-order valence-corrected chi connectivity index (χ3v) is 3.94. The minimum Gasteiger partial charge on any atom is -0.399 e. The molecule has 1 atom stereocenters. The van der Waals surface area contributed by atoms with Gasteiger partial charge in [0.1, 0.15) is 0 Å². The normalized spacial score (nSPS) is 12.0. The molecule has 0 heterocycles. The van der Waals surface area contributed by atoms with Crippen LogP contribution in [-0.2, 0) is 16.6 Å². The zero-order chi connectivity index (χ0) is 13.8. The average Bonchev–Trinajstić information content (AvgIpc) is 2.39. The Morgan fingerprint density at radius 3 is 2.42 bits per heavy atom. The van der Waals surface area contributed by atoms with Crippen molar-refractivity contribution in [3.63, 3.8) is 0 Å². The van der Waals surface area contributed by atoms with E-state index in [-0.39, 0.29) is 5.69 Å². The highest BCUT2D eigenvalue weighted by Crippen LogP contribution is 2.17. The standard InChI is InChI=1S/C13H12N2O3S/c14-11-2-1-3-13(8-11)19(18)9-10-4-6-12(7-5-10)15(16)17/h1-8H,9,14H2. The Bertz CT molecular complexity index is 626. The molecule has 6 heteroatoms.